The summed E-state index contributed by atoms with van der Waals surface area (Å²) in [5.74, 6) is 0.798. The van der Waals surface area contributed by atoms with Crippen LogP contribution in [0, 0.1) is 5.92 Å². The molecule has 1 nitrogen and oxygen atoms in total. The van der Waals surface area contributed by atoms with Gasteiger partial charge in [-0.25, -0.2) is 0 Å². The first-order valence-corrected chi connectivity index (χ1v) is 4.84. The van der Waals surface area contributed by atoms with Gasteiger partial charge in [0.1, 0.15) is 0 Å². The lowest BCUT2D eigenvalue weighted by Crippen LogP contribution is -1.92. The molecule has 0 saturated heterocycles. The Morgan fingerprint density at radius 3 is 2.17 bits per heavy atom. The largest absolute Gasteiger partial charge is 0.392 e. The van der Waals surface area contributed by atoms with Crippen LogP contribution in [0.5, 0.6) is 0 Å². The van der Waals surface area contributed by atoms with Gasteiger partial charge in [0.15, 0.2) is 0 Å². The zero-order chi connectivity index (χ0) is 9.56. The monoisotopic (exact) mass is 170 g/mol. The number of aliphatic hydroxyl groups excluding tert-OH is 1. The average Bonchev–Trinajstić information content (AvgIpc) is 2.02. The molecule has 0 atom stereocenters. The van der Waals surface area contributed by atoms with Crippen molar-refractivity contribution in [1.82, 2.24) is 0 Å². The quantitative estimate of drug-likeness (QED) is 0.628. The van der Waals surface area contributed by atoms with Crippen molar-refractivity contribution in [3.63, 3.8) is 0 Å². The first-order chi connectivity index (χ1) is 5.57. The van der Waals surface area contributed by atoms with E-state index in [1.165, 1.54) is 18.4 Å². The maximum atomic E-state index is 8.86. The number of aliphatic hydroxyl groups is 1. The molecule has 0 aliphatic rings. The zero-order valence-corrected chi connectivity index (χ0v) is 8.85. The van der Waals surface area contributed by atoms with E-state index in [0.717, 1.165) is 17.9 Å². The molecule has 0 saturated carbocycles. The molecule has 0 radical (unpaired) electrons. The minimum atomic E-state index is 0.216. The highest BCUT2D eigenvalue weighted by atomic mass is 16.3. The van der Waals surface area contributed by atoms with Crippen LogP contribution in [-0.4, -0.2) is 11.7 Å². The van der Waals surface area contributed by atoms with Crippen LogP contribution < -0.4 is 0 Å². The van der Waals surface area contributed by atoms with Crippen LogP contribution in [0.25, 0.3) is 0 Å². The summed E-state index contributed by atoms with van der Waals surface area (Å²) in [6.45, 7) is 8.83. The summed E-state index contributed by atoms with van der Waals surface area (Å²) in [6, 6.07) is 0. The highest BCUT2D eigenvalue weighted by Crippen LogP contribution is 2.14. The Balaban J connectivity index is 3.63. The molecule has 0 fully saturated rings. The van der Waals surface area contributed by atoms with Gasteiger partial charge in [-0.3, -0.25) is 0 Å². The molecule has 72 valence electrons. The third-order valence-corrected chi connectivity index (χ3v) is 2.30. The van der Waals surface area contributed by atoms with E-state index in [2.05, 4.69) is 20.8 Å². The molecule has 0 rings (SSSR count). The van der Waals surface area contributed by atoms with Gasteiger partial charge in [-0.2, -0.15) is 0 Å². The topological polar surface area (TPSA) is 20.2 Å². The van der Waals surface area contributed by atoms with Crippen LogP contribution >= 0.6 is 0 Å². The molecule has 0 unspecified atom stereocenters. The molecule has 1 heteroatoms. The summed E-state index contributed by atoms with van der Waals surface area (Å²) >= 11 is 0. The van der Waals surface area contributed by atoms with E-state index in [9.17, 15) is 0 Å². The molecule has 0 spiro atoms. The van der Waals surface area contributed by atoms with Crippen LogP contribution in [0.1, 0.15) is 47.0 Å². The normalized spacial score (nSPS) is 13.5. The van der Waals surface area contributed by atoms with E-state index in [4.69, 9.17) is 5.11 Å². The highest BCUT2D eigenvalue weighted by molar-refractivity contribution is 5.09. The predicted molar refractivity (Wildman–Crippen MR) is 54.1 cm³/mol. The molecular weight excluding hydrogens is 148 g/mol. The molecule has 1 N–H and O–H groups in total. The van der Waals surface area contributed by atoms with Gasteiger partial charge in [0.05, 0.1) is 6.61 Å². The third kappa shape index (κ3) is 5.36. The SMILES string of the molecule is C/C(CO)=C(/C)CCCC(C)C. The van der Waals surface area contributed by atoms with Crippen molar-refractivity contribution >= 4 is 0 Å². The van der Waals surface area contributed by atoms with Crippen molar-refractivity contribution in [3.05, 3.63) is 11.1 Å². The van der Waals surface area contributed by atoms with Crippen LogP contribution in [0.2, 0.25) is 0 Å². The fourth-order valence-corrected chi connectivity index (χ4v) is 1.12. The standard InChI is InChI=1S/C11H22O/c1-9(2)6-5-7-10(3)11(4)8-12/h9,12H,5-8H2,1-4H3/b11-10+. The Bertz CT molecular complexity index is 145. The molecule has 0 aromatic rings. The lowest BCUT2D eigenvalue weighted by Gasteiger charge is -2.06. The van der Waals surface area contributed by atoms with Crippen molar-refractivity contribution in [2.24, 2.45) is 5.92 Å². The van der Waals surface area contributed by atoms with E-state index in [1.54, 1.807) is 0 Å². The van der Waals surface area contributed by atoms with Gasteiger partial charge in [-0.15, -0.1) is 0 Å². The highest BCUT2D eigenvalue weighted by Gasteiger charge is 1.97. The third-order valence-electron chi connectivity index (χ3n) is 2.30. The van der Waals surface area contributed by atoms with Crippen molar-refractivity contribution in [1.29, 1.82) is 0 Å². The molecule has 0 bridgehead atoms. The number of hydrogen-bond donors (Lipinski definition) is 1. The number of rotatable bonds is 5. The maximum absolute atomic E-state index is 8.86. The Hall–Kier alpha value is -0.300. The summed E-state index contributed by atoms with van der Waals surface area (Å²) in [5.41, 5.74) is 2.50. The van der Waals surface area contributed by atoms with Crippen LogP contribution in [0.4, 0.5) is 0 Å². The van der Waals surface area contributed by atoms with Crippen molar-refractivity contribution in [2.45, 2.75) is 47.0 Å². The first kappa shape index (κ1) is 11.7. The molecule has 0 heterocycles. The molecular formula is C11H22O. The van der Waals surface area contributed by atoms with Gasteiger partial charge in [-0.05, 0) is 38.2 Å². The maximum Gasteiger partial charge on any atom is 0.0641 e. The Labute approximate surface area is 76.5 Å². The predicted octanol–water partition coefficient (Wildman–Crippen LogP) is 3.14. The van der Waals surface area contributed by atoms with Gasteiger partial charge < -0.3 is 5.11 Å². The summed E-state index contributed by atoms with van der Waals surface area (Å²) < 4.78 is 0. The molecule has 0 aromatic carbocycles. The Kier molecular flexibility index (Phi) is 6.09. The van der Waals surface area contributed by atoms with Crippen LogP contribution in [0.15, 0.2) is 11.1 Å². The van der Waals surface area contributed by atoms with Gasteiger partial charge in [0, 0.05) is 0 Å². The van der Waals surface area contributed by atoms with Crippen LogP contribution in [-0.2, 0) is 0 Å². The van der Waals surface area contributed by atoms with Gasteiger partial charge >= 0.3 is 0 Å². The molecule has 0 aliphatic carbocycles. The van der Waals surface area contributed by atoms with Gasteiger partial charge in [-0.1, -0.05) is 25.8 Å². The second kappa shape index (κ2) is 6.24. The first-order valence-electron chi connectivity index (χ1n) is 4.84. The summed E-state index contributed by atoms with van der Waals surface area (Å²) in [5, 5.41) is 8.86. The second-order valence-corrected chi connectivity index (χ2v) is 4.00. The van der Waals surface area contributed by atoms with Gasteiger partial charge in [0.2, 0.25) is 0 Å². The minimum Gasteiger partial charge on any atom is -0.392 e. The fraction of sp³-hybridized carbons (Fsp3) is 0.818. The van der Waals surface area contributed by atoms with Crippen molar-refractivity contribution in [2.75, 3.05) is 6.61 Å². The van der Waals surface area contributed by atoms with E-state index in [0.29, 0.717) is 0 Å². The minimum absolute atomic E-state index is 0.216. The van der Waals surface area contributed by atoms with Crippen molar-refractivity contribution in [3.8, 4) is 0 Å². The Morgan fingerprint density at radius 2 is 1.75 bits per heavy atom. The molecule has 0 amide bonds. The van der Waals surface area contributed by atoms with E-state index in [1.807, 2.05) is 6.92 Å². The second-order valence-electron chi connectivity index (χ2n) is 4.00. The summed E-state index contributed by atoms with van der Waals surface area (Å²) in [6.07, 6.45) is 3.68. The number of hydrogen-bond acceptors (Lipinski definition) is 1. The van der Waals surface area contributed by atoms with Gasteiger partial charge in [0.25, 0.3) is 0 Å². The molecule has 12 heavy (non-hydrogen) atoms. The number of allylic oxidation sites excluding steroid dienone is 1. The van der Waals surface area contributed by atoms with E-state index < -0.39 is 0 Å². The summed E-state index contributed by atoms with van der Waals surface area (Å²) in [4.78, 5) is 0. The van der Waals surface area contributed by atoms with E-state index >= 15 is 0 Å². The average molecular weight is 170 g/mol. The van der Waals surface area contributed by atoms with Crippen molar-refractivity contribution < 1.29 is 5.11 Å². The lowest BCUT2D eigenvalue weighted by molar-refractivity contribution is 0.329. The molecule has 0 aromatic heterocycles. The lowest BCUT2D eigenvalue weighted by atomic mass is 10.0. The van der Waals surface area contributed by atoms with E-state index in [-0.39, 0.29) is 6.61 Å². The van der Waals surface area contributed by atoms with Crippen LogP contribution in [0.3, 0.4) is 0 Å². The smallest absolute Gasteiger partial charge is 0.0641 e. The molecule has 0 aliphatic heterocycles. The Morgan fingerprint density at radius 1 is 1.17 bits per heavy atom. The fourth-order valence-electron chi connectivity index (χ4n) is 1.12. The zero-order valence-electron chi connectivity index (χ0n) is 8.85. The summed E-state index contributed by atoms with van der Waals surface area (Å²) in [7, 11) is 0.